The summed E-state index contributed by atoms with van der Waals surface area (Å²) in [5.74, 6) is 0.477. The monoisotopic (exact) mass is 208 g/mol. The number of halogens is 1. The fourth-order valence-electron chi connectivity index (χ4n) is 2.10. The van der Waals surface area contributed by atoms with Gasteiger partial charge in [0.05, 0.1) is 0 Å². The molecule has 2 N–H and O–H groups in total. The molecule has 1 aliphatic heterocycles. The highest BCUT2D eigenvalue weighted by Gasteiger charge is 2.20. The van der Waals surface area contributed by atoms with Crippen LogP contribution in [0.2, 0.25) is 0 Å². The molecule has 2 nitrogen and oxygen atoms in total. The molecule has 1 aromatic rings. The van der Waals surface area contributed by atoms with Crippen LogP contribution in [0.25, 0.3) is 0 Å². The first-order chi connectivity index (χ1) is 7.28. The van der Waals surface area contributed by atoms with Crippen molar-refractivity contribution in [1.82, 2.24) is 4.90 Å². The van der Waals surface area contributed by atoms with E-state index in [1.807, 2.05) is 12.1 Å². The van der Waals surface area contributed by atoms with E-state index in [1.165, 1.54) is 24.1 Å². The molecule has 0 bridgehead atoms. The molecule has 0 radical (unpaired) electrons. The van der Waals surface area contributed by atoms with Crippen LogP contribution in [-0.2, 0) is 6.54 Å². The lowest BCUT2D eigenvalue weighted by Crippen LogP contribution is -2.22. The van der Waals surface area contributed by atoms with Gasteiger partial charge in [-0.25, -0.2) is 4.39 Å². The zero-order valence-corrected chi connectivity index (χ0v) is 8.82. The van der Waals surface area contributed by atoms with E-state index in [0.717, 1.165) is 26.2 Å². The number of likely N-dealkylation sites (tertiary alicyclic amines) is 1. The summed E-state index contributed by atoms with van der Waals surface area (Å²) in [6.07, 6.45) is 1.19. The minimum absolute atomic E-state index is 0.167. The molecule has 82 valence electrons. The third-order valence-electron chi connectivity index (χ3n) is 3.02. The number of hydrogen-bond donors (Lipinski definition) is 1. The Balaban J connectivity index is 1.90. The number of benzene rings is 1. The molecule has 0 aromatic heterocycles. The molecule has 1 heterocycles. The van der Waals surface area contributed by atoms with Crippen LogP contribution in [0.5, 0.6) is 0 Å². The first-order valence-electron chi connectivity index (χ1n) is 5.45. The van der Waals surface area contributed by atoms with Crippen molar-refractivity contribution in [3.63, 3.8) is 0 Å². The summed E-state index contributed by atoms with van der Waals surface area (Å²) < 4.78 is 12.7. The van der Waals surface area contributed by atoms with Gasteiger partial charge in [0.25, 0.3) is 0 Å². The Bertz CT molecular complexity index is 310. The number of nitrogens with zero attached hydrogens (tertiary/aromatic N) is 1. The van der Waals surface area contributed by atoms with Crippen molar-refractivity contribution in [3.8, 4) is 0 Å². The Hall–Kier alpha value is -0.930. The molecule has 15 heavy (non-hydrogen) atoms. The maximum absolute atomic E-state index is 12.7. The van der Waals surface area contributed by atoms with Gasteiger partial charge in [-0.15, -0.1) is 0 Å². The summed E-state index contributed by atoms with van der Waals surface area (Å²) in [5.41, 5.74) is 6.81. The third-order valence-corrected chi connectivity index (χ3v) is 3.02. The Morgan fingerprint density at radius 1 is 1.33 bits per heavy atom. The SMILES string of the molecule is NCC1CCN(Cc2ccc(F)cc2)C1. The largest absolute Gasteiger partial charge is 0.330 e. The van der Waals surface area contributed by atoms with Gasteiger partial charge in [-0.3, -0.25) is 4.90 Å². The van der Waals surface area contributed by atoms with E-state index in [-0.39, 0.29) is 5.82 Å². The van der Waals surface area contributed by atoms with Gasteiger partial charge in [0.1, 0.15) is 5.82 Å². The van der Waals surface area contributed by atoms with Gasteiger partial charge in [0.15, 0.2) is 0 Å². The first-order valence-corrected chi connectivity index (χ1v) is 5.45. The number of hydrogen-bond acceptors (Lipinski definition) is 2. The molecular formula is C12H17FN2. The normalized spacial score (nSPS) is 22.1. The lowest BCUT2D eigenvalue weighted by Gasteiger charge is -2.15. The smallest absolute Gasteiger partial charge is 0.123 e. The van der Waals surface area contributed by atoms with Crippen LogP contribution in [0, 0.1) is 11.7 Å². The Labute approximate surface area is 89.9 Å². The summed E-state index contributed by atoms with van der Waals surface area (Å²) in [6.45, 7) is 3.88. The van der Waals surface area contributed by atoms with Crippen molar-refractivity contribution in [1.29, 1.82) is 0 Å². The van der Waals surface area contributed by atoms with Gasteiger partial charge < -0.3 is 5.73 Å². The molecule has 0 aliphatic carbocycles. The highest BCUT2D eigenvalue weighted by molar-refractivity contribution is 5.16. The summed E-state index contributed by atoms with van der Waals surface area (Å²) in [7, 11) is 0. The second kappa shape index (κ2) is 4.73. The van der Waals surface area contributed by atoms with Crippen molar-refractivity contribution >= 4 is 0 Å². The van der Waals surface area contributed by atoms with Gasteiger partial charge >= 0.3 is 0 Å². The van der Waals surface area contributed by atoms with Gasteiger partial charge in [0, 0.05) is 13.1 Å². The summed E-state index contributed by atoms with van der Waals surface area (Å²) >= 11 is 0. The molecule has 1 aromatic carbocycles. The molecule has 1 unspecified atom stereocenters. The maximum atomic E-state index is 12.7. The highest BCUT2D eigenvalue weighted by Crippen LogP contribution is 2.17. The average Bonchev–Trinajstić information content (AvgIpc) is 2.69. The minimum atomic E-state index is -0.167. The fourth-order valence-corrected chi connectivity index (χ4v) is 2.10. The molecule has 3 heteroatoms. The Kier molecular flexibility index (Phi) is 3.34. The molecule has 0 saturated carbocycles. The van der Waals surface area contributed by atoms with Crippen LogP contribution in [0.1, 0.15) is 12.0 Å². The van der Waals surface area contributed by atoms with Crippen molar-refractivity contribution in [2.45, 2.75) is 13.0 Å². The molecule has 1 saturated heterocycles. The molecular weight excluding hydrogens is 191 g/mol. The van der Waals surface area contributed by atoms with Gasteiger partial charge in [-0.05, 0) is 43.1 Å². The average molecular weight is 208 g/mol. The van der Waals surface area contributed by atoms with Gasteiger partial charge in [-0.2, -0.15) is 0 Å². The summed E-state index contributed by atoms with van der Waals surface area (Å²) in [6, 6.07) is 6.74. The molecule has 0 spiro atoms. The van der Waals surface area contributed by atoms with Crippen molar-refractivity contribution < 1.29 is 4.39 Å². The zero-order chi connectivity index (χ0) is 10.7. The molecule has 1 atom stereocenters. The second-order valence-electron chi connectivity index (χ2n) is 4.25. The van der Waals surface area contributed by atoms with Crippen LogP contribution in [0.3, 0.4) is 0 Å². The number of rotatable bonds is 3. The van der Waals surface area contributed by atoms with E-state index in [9.17, 15) is 4.39 Å². The lowest BCUT2D eigenvalue weighted by atomic mass is 10.1. The van der Waals surface area contributed by atoms with E-state index < -0.39 is 0 Å². The minimum Gasteiger partial charge on any atom is -0.330 e. The zero-order valence-electron chi connectivity index (χ0n) is 8.82. The van der Waals surface area contributed by atoms with Crippen molar-refractivity contribution in [2.75, 3.05) is 19.6 Å². The Morgan fingerprint density at radius 3 is 2.67 bits per heavy atom. The first kappa shape index (κ1) is 10.6. The molecule has 0 amide bonds. The van der Waals surface area contributed by atoms with Crippen molar-refractivity contribution in [2.24, 2.45) is 11.7 Å². The second-order valence-corrected chi connectivity index (χ2v) is 4.25. The van der Waals surface area contributed by atoms with E-state index >= 15 is 0 Å². The van der Waals surface area contributed by atoms with Crippen LogP contribution in [0.15, 0.2) is 24.3 Å². The van der Waals surface area contributed by atoms with Crippen LogP contribution < -0.4 is 5.73 Å². The fraction of sp³-hybridized carbons (Fsp3) is 0.500. The van der Waals surface area contributed by atoms with Gasteiger partial charge in [0.2, 0.25) is 0 Å². The van der Waals surface area contributed by atoms with E-state index in [2.05, 4.69) is 4.90 Å². The molecule has 2 rings (SSSR count). The molecule has 1 fully saturated rings. The topological polar surface area (TPSA) is 29.3 Å². The highest BCUT2D eigenvalue weighted by atomic mass is 19.1. The van der Waals surface area contributed by atoms with Gasteiger partial charge in [-0.1, -0.05) is 12.1 Å². The van der Waals surface area contributed by atoms with E-state index in [4.69, 9.17) is 5.73 Å². The van der Waals surface area contributed by atoms with Crippen molar-refractivity contribution in [3.05, 3.63) is 35.6 Å². The van der Waals surface area contributed by atoms with Crippen LogP contribution >= 0.6 is 0 Å². The summed E-state index contributed by atoms with van der Waals surface area (Å²) in [4.78, 5) is 2.38. The predicted octanol–water partition coefficient (Wildman–Crippen LogP) is 1.61. The van der Waals surface area contributed by atoms with E-state index in [1.54, 1.807) is 0 Å². The summed E-state index contributed by atoms with van der Waals surface area (Å²) in [5, 5.41) is 0. The lowest BCUT2D eigenvalue weighted by molar-refractivity contribution is 0.318. The van der Waals surface area contributed by atoms with Crippen LogP contribution in [-0.4, -0.2) is 24.5 Å². The van der Waals surface area contributed by atoms with E-state index in [0.29, 0.717) is 5.92 Å². The third kappa shape index (κ3) is 2.76. The molecule has 1 aliphatic rings. The standard InChI is InChI=1S/C12H17FN2/c13-12-3-1-10(2-4-12)8-15-6-5-11(7-14)9-15/h1-4,11H,5-9,14H2. The number of nitrogens with two attached hydrogens (primary N) is 1. The quantitative estimate of drug-likeness (QED) is 0.817. The predicted molar refractivity (Wildman–Crippen MR) is 58.8 cm³/mol. The van der Waals surface area contributed by atoms with Crippen LogP contribution in [0.4, 0.5) is 4.39 Å². The maximum Gasteiger partial charge on any atom is 0.123 e. The Morgan fingerprint density at radius 2 is 2.07 bits per heavy atom.